The second kappa shape index (κ2) is 5.47. The Morgan fingerprint density at radius 3 is 2.79 bits per heavy atom. The molecule has 0 aromatic rings. The van der Waals surface area contributed by atoms with Crippen LogP contribution in [0.3, 0.4) is 0 Å². The molecule has 1 rings (SSSR count). The van der Waals surface area contributed by atoms with Gasteiger partial charge in [-0.1, -0.05) is 13.8 Å². The van der Waals surface area contributed by atoms with E-state index in [4.69, 9.17) is 4.74 Å². The van der Waals surface area contributed by atoms with Gasteiger partial charge in [0.25, 0.3) is 0 Å². The van der Waals surface area contributed by atoms with Crippen LogP contribution in [0.5, 0.6) is 0 Å². The molecule has 0 bridgehead atoms. The van der Waals surface area contributed by atoms with Crippen LogP contribution < -0.4 is 0 Å². The van der Waals surface area contributed by atoms with Crippen molar-refractivity contribution in [2.45, 2.75) is 39.4 Å². The van der Waals surface area contributed by atoms with Crippen LogP contribution in [0.4, 0.5) is 0 Å². The fraction of sp³-hybridized carbons (Fsp3) is 0.909. The minimum atomic E-state index is -0.739. The van der Waals surface area contributed by atoms with E-state index in [1.807, 2.05) is 0 Å². The Morgan fingerprint density at radius 1 is 1.50 bits per heavy atom. The van der Waals surface area contributed by atoms with Crippen molar-refractivity contribution in [1.82, 2.24) is 0 Å². The van der Waals surface area contributed by atoms with Crippen molar-refractivity contribution in [2.75, 3.05) is 13.7 Å². The molecule has 82 valence electrons. The van der Waals surface area contributed by atoms with Gasteiger partial charge in [0.15, 0.2) is 6.29 Å². The number of hydrogen-bond donors (Lipinski definition) is 1. The maximum Gasteiger partial charge on any atom is 0.173 e. The number of hydrogen-bond acceptors (Lipinski definition) is 3. The molecule has 3 unspecified atom stereocenters. The van der Waals surface area contributed by atoms with Gasteiger partial charge in [-0.25, -0.2) is 0 Å². The van der Waals surface area contributed by atoms with Crippen molar-refractivity contribution in [3.8, 4) is 0 Å². The molecule has 0 aromatic carbocycles. The van der Waals surface area contributed by atoms with Gasteiger partial charge in [0.2, 0.25) is 0 Å². The number of aliphatic imine (C=N–C) groups is 1. The van der Waals surface area contributed by atoms with E-state index in [0.717, 1.165) is 24.7 Å². The summed E-state index contributed by atoms with van der Waals surface area (Å²) in [5.41, 5.74) is 1.24. The van der Waals surface area contributed by atoms with Gasteiger partial charge in [-0.15, -0.1) is 0 Å². The first-order chi connectivity index (χ1) is 6.63. The molecule has 1 fully saturated rings. The minimum absolute atomic E-state index is 0.382. The Balaban J connectivity index is 2.38. The van der Waals surface area contributed by atoms with Gasteiger partial charge in [-0.3, -0.25) is 4.99 Å². The summed E-state index contributed by atoms with van der Waals surface area (Å²) in [7, 11) is 1.50. The highest BCUT2D eigenvalue weighted by atomic mass is 16.6. The van der Waals surface area contributed by atoms with Crippen LogP contribution in [0.25, 0.3) is 0 Å². The zero-order valence-electron chi connectivity index (χ0n) is 9.36. The smallest absolute Gasteiger partial charge is 0.173 e. The third-order valence-corrected chi connectivity index (χ3v) is 3.16. The van der Waals surface area contributed by atoms with Crippen LogP contribution >= 0.6 is 0 Å². The lowest BCUT2D eigenvalue weighted by atomic mass is 9.81. The van der Waals surface area contributed by atoms with Gasteiger partial charge < -0.3 is 9.84 Å². The molecule has 0 radical (unpaired) electrons. The molecule has 3 nitrogen and oxygen atoms in total. The SMILES string of the molecule is COC(O)CN=C1CCC(C)C(C)C1. The minimum Gasteiger partial charge on any atom is -0.366 e. The summed E-state index contributed by atoms with van der Waals surface area (Å²) in [6, 6.07) is 0. The molecular weight excluding hydrogens is 178 g/mol. The highest BCUT2D eigenvalue weighted by molar-refractivity contribution is 5.85. The summed E-state index contributed by atoms with van der Waals surface area (Å²) < 4.78 is 4.74. The molecular formula is C11H21NO2. The van der Waals surface area contributed by atoms with Crippen LogP contribution in [0, 0.1) is 11.8 Å². The number of methoxy groups -OCH3 is 1. The van der Waals surface area contributed by atoms with E-state index in [0.29, 0.717) is 6.54 Å². The van der Waals surface area contributed by atoms with E-state index < -0.39 is 6.29 Å². The van der Waals surface area contributed by atoms with Gasteiger partial charge in [-0.2, -0.15) is 0 Å². The van der Waals surface area contributed by atoms with Crippen molar-refractivity contribution in [2.24, 2.45) is 16.8 Å². The van der Waals surface area contributed by atoms with Crippen molar-refractivity contribution in [3.05, 3.63) is 0 Å². The molecule has 1 saturated carbocycles. The second-order valence-corrected chi connectivity index (χ2v) is 4.29. The highest BCUT2D eigenvalue weighted by Gasteiger charge is 2.20. The van der Waals surface area contributed by atoms with Crippen LogP contribution in [-0.2, 0) is 4.74 Å². The summed E-state index contributed by atoms with van der Waals surface area (Å²) in [4.78, 5) is 4.38. The van der Waals surface area contributed by atoms with E-state index in [1.165, 1.54) is 19.2 Å². The van der Waals surface area contributed by atoms with Gasteiger partial charge in [-0.05, 0) is 31.1 Å². The highest BCUT2D eigenvalue weighted by Crippen LogP contribution is 2.27. The predicted molar refractivity (Wildman–Crippen MR) is 57.5 cm³/mol. The Morgan fingerprint density at radius 2 is 2.21 bits per heavy atom. The monoisotopic (exact) mass is 199 g/mol. The maximum atomic E-state index is 9.18. The molecule has 3 heteroatoms. The maximum absolute atomic E-state index is 9.18. The van der Waals surface area contributed by atoms with Crippen LogP contribution in [-0.4, -0.2) is 30.8 Å². The summed E-state index contributed by atoms with van der Waals surface area (Å²) >= 11 is 0. The van der Waals surface area contributed by atoms with Crippen molar-refractivity contribution in [1.29, 1.82) is 0 Å². The fourth-order valence-electron chi connectivity index (χ4n) is 1.78. The molecule has 14 heavy (non-hydrogen) atoms. The molecule has 0 aromatic heterocycles. The lowest BCUT2D eigenvalue weighted by molar-refractivity contribution is -0.0650. The molecule has 1 aliphatic rings. The second-order valence-electron chi connectivity index (χ2n) is 4.29. The van der Waals surface area contributed by atoms with Crippen LogP contribution in [0.15, 0.2) is 4.99 Å². The third-order valence-electron chi connectivity index (χ3n) is 3.16. The first kappa shape index (κ1) is 11.7. The third kappa shape index (κ3) is 3.39. The Hall–Kier alpha value is -0.410. The average molecular weight is 199 g/mol. The van der Waals surface area contributed by atoms with E-state index in [-0.39, 0.29) is 0 Å². The van der Waals surface area contributed by atoms with Crippen LogP contribution in [0.1, 0.15) is 33.1 Å². The lowest BCUT2D eigenvalue weighted by Crippen LogP contribution is -2.22. The predicted octanol–water partition coefficient (Wildman–Crippen LogP) is 1.85. The quantitative estimate of drug-likeness (QED) is 0.705. The molecule has 0 amide bonds. The number of ether oxygens (including phenoxy) is 1. The first-order valence-electron chi connectivity index (χ1n) is 5.36. The zero-order valence-corrected chi connectivity index (χ0v) is 9.36. The van der Waals surface area contributed by atoms with E-state index >= 15 is 0 Å². The first-order valence-corrected chi connectivity index (χ1v) is 5.36. The molecule has 0 saturated heterocycles. The molecule has 3 atom stereocenters. The lowest BCUT2D eigenvalue weighted by Gasteiger charge is -2.26. The standard InChI is InChI=1S/C11H21NO2/c1-8-4-5-10(6-9(8)2)12-7-11(13)14-3/h8-9,11,13H,4-7H2,1-3H3. The van der Waals surface area contributed by atoms with Crippen molar-refractivity contribution < 1.29 is 9.84 Å². The molecule has 1 N–H and O–H groups in total. The van der Waals surface area contributed by atoms with Crippen molar-refractivity contribution >= 4 is 5.71 Å². The molecule has 0 heterocycles. The van der Waals surface area contributed by atoms with E-state index in [1.54, 1.807) is 0 Å². The van der Waals surface area contributed by atoms with Crippen molar-refractivity contribution in [3.63, 3.8) is 0 Å². The fourth-order valence-corrected chi connectivity index (χ4v) is 1.78. The average Bonchev–Trinajstić information content (AvgIpc) is 2.19. The summed E-state index contributed by atoms with van der Waals surface area (Å²) in [6.07, 6.45) is 2.65. The Kier molecular flexibility index (Phi) is 4.55. The summed E-state index contributed by atoms with van der Waals surface area (Å²) in [5.74, 6) is 1.53. The van der Waals surface area contributed by atoms with Gasteiger partial charge in [0.1, 0.15) is 0 Å². The number of nitrogens with zero attached hydrogens (tertiary/aromatic N) is 1. The van der Waals surface area contributed by atoms with Gasteiger partial charge in [0, 0.05) is 12.8 Å². The molecule has 1 aliphatic carbocycles. The largest absolute Gasteiger partial charge is 0.366 e. The zero-order chi connectivity index (χ0) is 10.6. The summed E-state index contributed by atoms with van der Waals surface area (Å²) in [6.45, 7) is 4.95. The number of aliphatic hydroxyl groups excluding tert-OH is 1. The molecule has 0 spiro atoms. The molecule has 0 aliphatic heterocycles. The Labute approximate surface area is 86.2 Å². The normalized spacial score (nSPS) is 33.3. The summed E-state index contributed by atoms with van der Waals surface area (Å²) in [5, 5.41) is 9.18. The van der Waals surface area contributed by atoms with Gasteiger partial charge in [0.05, 0.1) is 6.54 Å². The number of aliphatic hydroxyl groups is 1. The Bertz CT molecular complexity index is 203. The number of rotatable bonds is 3. The van der Waals surface area contributed by atoms with Gasteiger partial charge >= 0.3 is 0 Å². The topological polar surface area (TPSA) is 41.8 Å². The van der Waals surface area contributed by atoms with E-state index in [9.17, 15) is 5.11 Å². The van der Waals surface area contributed by atoms with Crippen LogP contribution in [0.2, 0.25) is 0 Å². The van der Waals surface area contributed by atoms with E-state index in [2.05, 4.69) is 18.8 Å².